The van der Waals surface area contributed by atoms with E-state index in [9.17, 15) is 9.18 Å². The topological polar surface area (TPSA) is 45.8 Å². The van der Waals surface area contributed by atoms with Crippen LogP contribution in [-0.2, 0) is 5.75 Å². The maximum atomic E-state index is 13.1. The molecule has 0 spiro atoms. The van der Waals surface area contributed by atoms with E-state index >= 15 is 0 Å². The monoisotopic (exact) mass is 250 g/mol. The van der Waals surface area contributed by atoms with Gasteiger partial charge in [0.2, 0.25) is 5.82 Å². The minimum Gasteiger partial charge on any atom is -0.307 e. The highest BCUT2D eigenvalue weighted by Crippen LogP contribution is 2.20. The van der Waals surface area contributed by atoms with Crippen LogP contribution in [0.4, 0.5) is 4.39 Å². The molecular weight excluding hydrogens is 239 g/mol. The highest BCUT2D eigenvalue weighted by molar-refractivity contribution is 7.98. The van der Waals surface area contributed by atoms with Crippen LogP contribution < -0.4 is 5.56 Å². The lowest BCUT2D eigenvalue weighted by molar-refractivity contribution is 0.584. The first-order valence-electron chi connectivity index (χ1n) is 5.10. The molecule has 0 bridgehead atoms. The van der Waals surface area contributed by atoms with Crippen molar-refractivity contribution >= 4 is 11.8 Å². The molecule has 88 valence electrons. The highest BCUT2D eigenvalue weighted by atomic mass is 32.2. The molecule has 0 aliphatic heterocycles. The molecule has 1 N–H and O–H groups in total. The largest absolute Gasteiger partial charge is 0.307 e. The number of halogens is 1. The Morgan fingerprint density at radius 2 is 2.06 bits per heavy atom. The van der Waals surface area contributed by atoms with E-state index in [4.69, 9.17) is 0 Å². The van der Waals surface area contributed by atoms with Gasteiger partial charge < -0.3 is 4.98 Å². The Hall–Kier alpha value is -1.62. The summed E-state index contributed by atoms with van der Waals surface area (Å²) in [7, 11) is 0. The van der Waals surface area contributed by atoms with Crippen molar-refractivity contribution in [1.82, 2.24) is 9.97 Å². The molecule has 0 saturated carbocycles. The van der Waals surface area contributed by atoms with Crippen molar-refractivity contribution in [3.8, 4) is 0 Å². The van der Waals surface area contributed by atoms with Gasteiger partial charge in [-0.05, 0) is 19.1 Å². The summed E-state index contributed by atoms with van der Waals surface area (Å²) >= 11 is 1.54. The lowest BCUT2D eigenvalue weighted by Crippen LogP contribution is -2.16. The summed E-state index contributed by atoms with van der Waals surface area (Å²) in [5.74, 6) is 0.196. The molecule has 3 nitrogen and oxygen atoms in total. The van der Waals surface area contributed by atoms with E-state index in [2.05, 4.69) is 9.97 Å². The number of thioether (sulfide) groups is 1. The number of rotatable bonds is 3. The maximum absolute atomic E-state index is 13.1. The number of benzene rings is 1. The van der Waals surface area contributed by atoms with E-state index in [1.165, 1.54) is 6.92 Å². The average Bonchev–Trinajstić information content (AvgIpc) is 2.34. The molecule has 0 saturated heterocycles. The van der Waals surface area contributed by atoms with Crippen molar-refractivity contribution in [3.05, 3.63) is 58.0 Å². The molecule has 17 heavy (non-hydrogen) atoms. The molecule has 0 aliphatic carbocycles. The molecule has 0 fully saturated rings. The number of H-pyrrole nitrogens is 1. The molecule has 5 heteroatoms. The third kappa shape index (κ3) is 2.94. The molecule has 0 amide bonds. The van der Waals surface area contributed by atoms with Crippen molar-refractivity contribution in [3.63, 3.8) is 0 Å². The molecular formula is C12H11FN2OS. The smallest absolute Gasteiger partial charge is 0.287 e. The summed E-state index contributed by atoms with van der Waals surface area (Å²) < 4.78 is 13.1. The van der Waals surface area contributed by atoms with Gasteiger partial charge in [-0.2, -0.15) is 4.39 Å². The van der Waals surface area contributed by atoms with Crippen LogP contribution in [0.3, 0.4) is 0 Å². The first kappa shape index (κ1) is 11.9. The summed E-state index contributed by atoms with van der Waals surface area (Å²) in [4.78, 5) is 18.7. The lowest BCUT2D eigenvalue weighted by atomic mass is 10.4. The second-order valence-electron chi connectivity index (χ2n) is 3.51. The van der Waals surface area contributed by atoms with Crippen molar-refractivity contribution in [2.75, 3.05) is 0 Å². The van der Waals surface area contributed by atoms with E-state index in [1.807, 2.05) is 30.3 Å². The van der Waals surface area contributed by atoms with Gasteiger partial charge in [-0.25, -0.2) is 4.98 Å². The molecule has 1 aromatic carbocycles. The first-order chi connectivity index (χ1) is 8.16. The number of aromatic amines is 1. The Bertz CT molecular complexity index is 568. The van der Waals surface area contributed by atoms with Gasteiger partial charge in [-0.1, -0.05) is 18.2 Å². The summed E-state index contributed by atoms with van der Waals surface area (Å²) in [5.41, 5.74) is -0.571. The molecule has 0 radical (unpaired) electrons. The standard InChI is InChI=1S/C12H11FN2OS/c1-8-11(13)12(16)15-10(14-8)7-17-9-5-3-2-4-6-9/h2-6H,7H2,1H3,(H,14,15,16). The van der Waals surface area contributed by atoms with E-state index < -0.39 is 11.4 Å². The molecule has 0 atom stereocenters. The van der Waals surface area contributed by atoms with Crippen LogP contribution in [0.15, 0.2) is 40.0 Å². The Kier molecular flexibility index (Phi) is 3.58. The summed E-state index contributed by atoms with van der Waals surface area (Å²) in [6.45, 7) is 1.49. The summed E-state index contributed by atoms with van der Waals surface area (Å²) in [5, 5.41) is 0. The Morgan fingerprint density at radius 3 is 2.71 bits per heavy atom. The summed E-state index contributed by atoms with van der Waals surface area (Å²) in [6.07, 6.45) is 0. The predicted octanol–water partition coefficient (Wildman–Crippen LogP) is 2.51. The molecule has 2 rings (SSSR count). The molecule has 0 aliphatic rings. The molecule has 1 heterocycles. The second-order valence-corrected chi connectivity index (χ2v) is 4.56. The van der Waals surface area contributed by atoms with Gasteiger partial charge >= 0.3 is 0 Å². The average molecular weight is 250 g/mol. The number of hydrogen-bond acceptors (Lipinski definition) is 3. The van der Waals surface area contributed by atoms with E-state index in [1.54, 1.807) is 11.8 Å². The third-order valence-corrected chi connectivity index (χ3v) is 3.22. The number of hydrogen-bond donors (Lipinski definition) is 1. The zero-order chi connectivity index (χ0) is 12.3. The lowest BCUT2D eigenvalue weighted by Gasteiger charge is -2.02. The first-order valence-corrected chi connectivity index (χ1v) is 6.08. The zero-order valence-electron chi connectivity index (χ0n) is 9.24. The van der Waals surface area contributed by atoms with Crippen molar-refractivity contribution in [1.29, 1.82) is 0 Å². The maximum Gasteiger partial charge on any atom is 0.287 e. The number of nitrogens with zero attached hydrogens (tertiary/aromatic N) is 1. The normalized spacial score (nSPS) is 10.5. The quantitative estimate of drug-likeness (QED) is 0.851. The number of aromatic nitrogens is 2. The van der Waals surface area contributed by atoms with E-state index in [-0.39, 0.29) is 5.69 Å². The van der Waals surface area contributed by atoms with Crippen molar-refractivity contribution < 1.29 is 4.39 Å². The van der Waals surface area contributed by atoms with Gasteiger partial charge in [0.15, 0.2) is 0 Å². The van der Waals surface area contributed by atoms with Crippen LogP contribution in [0.2, 0.25) is 0 Å². The number of nitrogens with one attached hydrogen (secondary N) is 1. The highest BCUT2D eigenvalue weighted by Gasteiger charge is 2.06. The van der Waals surface area contributed by atoms with Gasteiger partial charge in [-0.15, -0.1) is 11.8 Å². The Labute approximate surface area is 102 Å². The minimum atomic E-state index is -0.807. The fourth-order valence-electron chi connectivity index (χ4n) is 1.37. The second kappa shape index (κ2) is 5.14. The van der Waals surface area contributed by atoms with Crippen LogP contribution in [0.5, 0.6) is 0 Å². The summed E-state index contributed by atoms with van der Waals surface area (Å²) in [6, 6.07) is 9.76. The fourth-order valence-corrected chi connectivity index (χ4v) is 2.16. The van der Waals surface area contributed by atoms with Crippen LogP contribution in [0, 0.1) is 12.7 Å². The van der Waals surface area contributed by atoms with E-state index in [0.29, 0.717) is 11.6 Å². The Balaban J connectivity index is 2.13. The Morgan fingerprint density at radius 1 is 1.35 bits per heavy atom. The van der Waals surface area contributed by atoms with Gasteiger partial charge in [0.25, 0.3) is 5.56 Å². The van der Waals surface area contributed by atoms with Gasteiger partial charge in [0.05, 0.1) is 11.4 Å². The van der Waals surface area contributed by atoms with Crippen molar-refractivity contribution in [2.24, 2.45) is 0 Å². The fraction of sp³-hybridized carbons (Fsp3) is 0.167. The molecule has 1 aromatic heterocycles. The third-order valence-electron chi connectivity index (χ3n) is 2.20. The van der Waals surface area contributed by atoms with Gasteiger partial charge in [0.1, 0.15) is 5.82 Å². The SMILES string of the molecule is Cc1nc(CSc2ccccc2)[nH]c(=O)c1F. The molecule has 2 aromatic rings. The van der Waals surface area contributed by atoms with Crippen LogP contribution in [0.25, 0.3) is 0 Å². The van der Waals surface area contributed by atoms with Gasteiger partial charge in [-0.3, -0.25) is 4.79 Å². The zero-order valence-corrected chi connectivity index (χ0v) is 10.1. The van der Waals surface area contributed by atoms with E-state index in [0.717, 1.165) is 4.90 Å². The van der Waals surface area contributed by atoms with Gasteiger partial charge in [0, 0.05) is 4.90 Å². The number of aryl methyl sites for hydroxylation is 1. The van der Waals surface area contributed by atoms with Crippen LogP contribution >= 0.6 is 11.8 Å². The van der Waals surface area contributed by atoms with Crippen molar-refractivity contribution in [2.45, 2.75) is 17.6 Å². The van der Waals surface area contributed by atoms with Crippen LogP contribution in [0.1, 0.15) is 11.5 Å². The molecule has 0 unspecified atom stereocenters. The van der Waals surface area contributed by atoms with Crippen LogP contribution in [-0.4, -0.2) is 9.97 Å². The minimum absolute atomic E-state index is 0.136. The predicted molar refractivity (Wildman–Crippen MR) is 65.6 cm³/mol.